The van der Waals surface area contributed by atoms with Gasteiger partial charge in [0.1, 0.15) is 5.75 Å². The molecule has 0 saturated heterocycles. The molecule has 0 unspecified atom stereocenters. The Morgan fingerprint density at radius 2 is 2.04 bits per heavy atom. The van der Waals surface area contributed by atoms with E-state index >= 15 is 0 Å². The molecular weight excluding hydrogens is 312 g/mol. The van der Waals surface area contributed by atoms with Crippen LogP contribution in [-0.2, 0) is 6.54 Å². The third-order valence-electron chi connectivity index (χ3n) is 3.69. The van der Waals surface area contributed by atoms with Crippen molar-refractivity contribution in [1.29, 1.82) is 0 Å². The molecule has 0 aliphatic carbocycles. The van der Waals surface area contributed by atoms with Gasteiger partial charge in [0.25, 0.3) is 5.91 Å². The van der Waals surface area contributed by atoms with E-state index in [4.69, 9.17) is 17.0 Å². The fraction of sp³-hybridized carbons (Fsp3) is 0.438. The van der Waals surface area contributed by atoms with Crippen LogP contribution in [0, 0.1) is 10.7 Å². The number of H-pyrrole nitrogens is 1. The van der Waals surface area contributed by atoms with Crippen molar-refractivity contribution in [2.45, 2.75) is 33.4 Å². The van der Waals surface area contributed by atoms with E-state index in [0.717, 1.165) is 5.82 Å². The lowest BCUT2D eigenvalue weighted by molar-refractivity contribution is 0.0922. The zero-order valence-electron chi connectivity index (χ0n) is 13.8. The normalized spacial score (nSPS) is 12.2. The van der Waals surface area contributed by atoms with Gasteiger partial charge >= 0.3 is 0 Å². The van der Waals surface area contributed by atoms with Crippen molar-refractivity contribution in [1.82, 2.24) is 20.1 Å². The Morgan fingerprint density at radius 1 is 1.39 bits per heavy atom. The number of rotatable bonds is 6. The molecule has 7 heteroatoms. The predicted molar refractivity (Wildman–Crippen MR) is 91.1 cm³/mol. The number of methoxy groups -OCH3 is 1. The van der Waals surface area contributed by atoms with E-state index in [2.05, 4.69) is 15.5 Å². The fourth-order valence-corrected chi connectivity index (χ4v) is 2.64. The summed E-state index contributed by atoms with van der Waals surface area (Å²) in [5.74, 6) is 1.49. The van der Waals surface area contributed by atoms with E-state index in [-0.39, 0.29) is 17.9 Å². The highest BCUT2D eigenvalue weighted by Gasteiger charge is 2.24. The van der Waals surface area contributed by atoms with Gasteiger partial charge in [-0.1, -0.05) is 13.8 Å². The number of hydrogen-bond acceptors (Lipinski definition) is 4. The van der Waals surface area contributed by atoms with Crippen molar-refractivity contribution in [3.63, 3.8) is 0 Å². The molecule has 0 bridgehead atoms. The van der Waals surface area contributed by atoms with Gasteiger partial charge in [0.15, 0.2) is 10.6 Å². The van der Waals surface area contributed by atoms with Gasteiger partial charge in [0.05, 0.1) is 13.2 Å². The van der Waals surface area contributed by atoms with E-state index in [1.54, 1.807) is 31.4 Å². The molecule has 124 valence electrons. The molecule has 6 nitrogen and oxygen atoms in total. The quantitative estimate of drug-likeness (QED) is 0.796. The topological polar surface area (TPSA) is 71.9 Å². The number of nitrogens with zero attached hydrogens (tertiary/aromatic N) is 2. The van der Waals surface area contributed by atoms with Gasteiger partial charge in [-0.2, -0.15) is 5.10 Å². The zero-order valence-corrected chi connectivity index (χ0v) is 14.6. The van der Waals surface area contributed by atoms with Gasteiger partial charge < -0.3 is 14.6 Å². The number of hydrogen-bond donors (Lipinski definition) is 2. The number of aromatic nitrogens is 3. The van der Waals surface area contributed by atoms with Crippen molar-refractivity contribution in [2.24, 2.45) is 5.92 Å². The first-order chi connectivity index (χ1) is 11.0. The van der Waals surface area contributed by atoms with Crippen molar-refractivity contribution in [3.05, 3.63) is 40.4 Å². The van der Waals surface area contributed by atoms with Gasteiger partial charge in [0, 0.05) is 12.1 Å². The third kappa shape index (κ3) is 3.79. The Balaban J connectivity index is 2.25. The predicted octanol–water partition coefficient (Wildman–Crippen LogP) is 3.10. The molecule has 0 radical (unpaired) electrons. The first-order valence-corrected chi connectivity index (χ1v) is 7.98. The monoisotopic (exact) mass is 334 g/mol. The molecule has 1 amide bonds. The summed E-state index contributed by atoms with van der Waals surface area (Å²) in [5, 5.41) is 10.1. The van der Waals surface area contributed by atoms with Crippen LogP contribution in [0.15, 0.2) is 24.3 Å². The molecule has 2 N–H and O–H groups in total. The fourth-order valence-electron chi connectivity index (χ4n) is 2.37. The summed E-state index contributed by atoms with van der Waals surface area (Å²) in [6.07, 6.45) is 0. The van der Waals surface area contributed by atoms with E-state index in [1.807, 2.05) is 25.3 Å². The summed E-state index contributed by atoms with van der Waals surface area (Å²) in [4.78, 5) is 12.5. The molecule has 1 atom stereocenters. The van der Waals surface area contributed by atoms with Crippen LogP contribution in [0.3, 0.4) is 0 Å². The second kappa shape index (κ2) is 7.41. The number of benzene rings is 1. The van der Waals surface area contributed by atoms with Crippen LogP contribution in [0.2, 0.25) is 0 Å². The van der Waals surface area contributed by atoms with Crippen molar-refractivity contribution in [3.8, 4) is 5.75 Å². The maximum Gasteiger partial charge on any atom is 0.251 e. The Hall–Kier alpha value is -2.15. The van der Waals surface area contributed by atoms with Crippen LogP contribution < -0.4 is 10.1 Å². The van der Waals surface area contributed by atoms with Crippen LogP contribution in [0.5, 0.6) is 5.75 Å². The third-order valence-corrected chi connectivity index (χ3v) is 4.00. The highest BCUT2D eigenvalue weighted by Crippen LogP contribution is 2.21. The maximum absolute atomic E-state index is 12.5. The largest absolute Gasteiger partial charge is 0.497 e. The molecule has 0 fully saturated rings. The minimum Gasteiger partial charge on any atom is -0.497 e. The molecule has 0 aliphatic rings. The van der Waals surface area contributed by atoms with E-state index in [9.17, 15) is 4.79 Å². The smallest absolute Gasteiger partial charge is 0.251 e. The molecule has 2 rings (SSSR count). The summed E-state index contributed by atoms with van der Waals surface area (Å²) in [7, 11) is 1.59. The molecule has 1 aromatic carbocycles. The van der Waals surface area contributed by atoms with Gasteiger partial charge in [-0.05, 0) is 49.3 Å². The van der Waals surface area contributed by atoms with Crippen LogP contribution in [0.25, 0.3) is 0 Å². The summed E-state index contributed by atoms with van der Waals surface area (Å²) < 4.78 is 7.57. The highest BCUT2D eigenvalue weighted by atomic mass is 32.1. The van der Waals surface area contributed by atoms with E-state index < -0.39 is 0 Å². The molecule has 0 spiro atoms. The number of carbonyl (C=O) groups excluding carboxylic acids is 1. The molecule has 0 aliphatic heterocycles. The first kappa shape index (κ1) is 17.2. The minimum atomic E-state index is -0.225. The van der Waals surface area contributed by atoms with Gasteiger partial charge in [-0.25, -0.2) is 0 Å². The lowest BCUT2D eigenvalue weighted by Gasteiger charge is -2.22. The van der Waals surface area contributed by atoms with Gasteiger partial charge in [-0.15, -0.1) is 0 Å². The van der Waals surface area contributed by atoms with Crippen LogP contribution in [0.1, 0.15) is 43.0 Å². The Bertz CT molecular complexity index is 718. The molecule has 23 heavy (non-hydrogen) atoms. The number of carbonyl (C=O) groups is 1. The zero-order chi connectivity index (χ0) is 17.0. The summed E-state index contributed by atoms with van der Waals surface area (Å²) in [6.45, 7) is 6.77. The molecule has 0 saturated carbocycles. The standard InChI is InChI=1S/C16H22N4O2S/c1-5-20-14(18-19-16(20)23)13(10(2)3)17-15(21)11-6-8-12(22-4)9-7-11/h6-10,13H,5H2,1-4H3,(H,17,21)(H,19,23)/t13-/m1/s1. The van der Waals surface area contributed by atoms with Gasteiger partial charge in [-0.3, -0.25) is 9.89 Å². The molecule has 2 aromatic rings. The molecule has 1 aromatic heterocycles. The Kier molecular flexibility index (Phi) is 5.54. The first-order valence-electron chi connectivity index (χ1n) is 7.58. The molecular formula is C16H22N4O2S. The van der Waals surface area contributed by atoms with Crippen LogP contribution >= 0.6 is 12.2 Å². The minimum absolute atomic E-state index is 0.150. The van der Waals surface area contributed by atoms with E-state index in [1.165, 1.54) is 0 Å². The van der Waals surface area contributed by atoms with Crippen molar-refractivity contribution in [2.75, 3.05) is 7.11 Å². The summed E-state index contributed by atoms with van der Waals surface area (Å²) in [6, 6.07) is 6.78. The summed E-state index contributed by atoms with van der Waals surface area (Å²) >= 11 is 5.23. The number of amides is 1. The van der Waals surface area contributed by atoms with Gasteiger partial charge in [0.2, 0.25) is 0 Å². The van der Waals surface area contributed by atoms with E-state index in [0.29, 0.717) is 22.6 Å². The average Bonchev–Trinajstić information content (AvgIpc) is 2.92. The highest BCUT2D eigenvalue weighted by molar-refractivity contribution is 7.71. The number of nitrogens with one attached hydrogen (secondary N) is 2. The van der Waals surface area contributed by atoms with Crippen molar-refractivity contribution < 1.29 is 9.53 Å². The Morgan fingerprint density at radius 3 is 2.57 bits per heavy atom. The van der Waals surface area contributed by atoms with Crippen LogP contribution in [-0.4, -0.2) is 27.8 Å². The number of aromatic amines is 1. The summed E-state index contributed by atoms with van der Waals surface area (Å²) in [5.41, 5.74) is 0.577. The number of ether oxygens (including phenoxy) is 1. The lowest BCUT2D eigenvalue weighted by atomic mass is 10.0. The average molecular weight is 334 g/mol. The SMILES string of the molecule is CCn1c([C@H](NC(=O)c2ccc(OC)cc2)C(C)C)n[nH]c1=S. The van der Waals surface area contributed by atoms with Crippen LogP contribution in [0.4, 0.5) is 0 Å². The molecule has 1 heterocycles. The maximum atomic E-state index is 12.5. The Labute approximate surface area is 140 Å². The second-order valence-corrected chi connectivity index (χ2v) is 5.94. The van der Waals surface area contributed by atoms with Crippen molar-refractivity contribution >= 4 is 18.1 Å². The second-order valence-electron chi connectivity index (χ2n) is 5.55. The lowest BCUT2D eigenvalue weighted by Crippen LogP contribution is -2.33.